The zero-order chi connectivity index (χ0) is 10.5. The molecule has 0 bridgehead atoms. The summed E-state index contributed by atoms with van der Waals surface area (Å²) in [6, 6.07) is 0. The van der Waals surface area contributed by atoms with Crippen molar-refractivity contribution >= 4 is 9.84 Å². The highest BCUT2D eigenvalue weighted by Crippen LogP contribution is 2.14. The Balaban J connectivity index is 3.80. The average Bonchev–Trinajstić information content (AvgIpc) is 1.99. The van der Waals surface area contributed by atoms with Gasteiger partial charge in [0.05, 0.1) is 5.75 Å². The fourth-order valence-corrected chi connectivity index (χ4v) is 2.01. The first-order valence-electron chi connectivity index (χ1n) is 4.69. The Labute approximate surface area is 81.8 Å². The fourth-order valence-electron chi connectivity index (χ4n) is 1.21. The van der Waals surface area contributed by atoms with Gasteiger partial charge in [0, 0.05) is 6.26 Å². The van der Waals surface area contributed by atoms with E-state index < -0.39 is 9.84 Å². The van der Waals surface area contributed by atoms with E-state index in [1.54, 1.807) is 0 Å². The van der Waals surface area contributed by atoms with Gasteiger partial charge in [-0.25, -0.2) is 8.42 Å². The van der Waals surface area contributed by atoms with Crippen LogP contribution in [-0.2, 0) is 9.84 Å². The largest absolute Gasteiger partial charge is 0.319 e. The second-order valence-corrected chi connectivity index (χ2v) is 6.19. The summed E-state index contributed by atoms with van der Waals surface area (Å²) in [5, 5.41) is 3.10. The lowest BCUT2D eigenvalue weighted by molar-refractivity contribution is 0.367. The van der Waals surface area contributed by atoms with Gasteiger partial charge in [-0.1, -0.05) is 13.8 Å². The third kappa shape index (κ3) is 7.02. The van der Waals surface area contributed by atoms with Gasteiger partial charge in [0.1, 0.15) is 9.84 Å². The van der Waals surface area contributed by atoms with Crippen molar-refractivity contribution < 1.29 is 8.42 Å². The molecule has 1 N–H and O–H groups in total. The van der Waals surface area contributed by atoms with E-state index in [1.807, 2.05) is 7.05 Å². The first-order valence-corrected chi connectivity index (χ1v) is 6.75. The SMILES string of the molecule is CNCC(C)C(C)CCS(C)(=O)=O. The summed E-state index contributed by atoms with van der Waals surface area (Å²) in [5.41, 5.74) is 0. The van der Waals surface area contributed by atoms with Gasteiger partial charge in [-0.15, -0.1) is 0 Å². The molecule has 0 aromatic heterocycles. The maximum absolute atomic E-state index is 10.9. The second-order valence-electron chi connectivity index (χ2n) is 3.93. The summed E-state index contributed by atoms with van der Waals surface area (Å²) in [5.74, 6) is 1.30. The topological polar surface area (TPSA) is 46.2 Å². The number of rotatable bonds is 6. The molecule has 0 aromatic carbocycles. The van der Waals surface area contributed by atoms with Crippen LogP contribution in [0.5, 0.6) is 0 Å². The minimum atomic E-state index is -2.79. The quantitative estimate of drug-likeness (QED) is 0.704. The van der Waals surface area contributed by atoms with Crippen molar-refractivity contribution in [1.82, 2.24) is 5.32 Å². The monoisotopic (exact) mass is 207 g/mol. The standard InChI is InChI=1S/C9H21NO2S/c1-8(9(2)7-10-3)5-6-13(4,11)12/h8-10H,5-7H2,1-4H3. The Morgan fingerprint density at radius 1 is 1.23 bits per heavy atom. The van der Waals surface area contributed by atoms with Gasteiger partial charge in [-0.05, 0) is 31.8 Å². The van der Waals surface area contributed by atoms with E-state index >= 15 is 0 Å². The second kappa shape index (κ2) is 5.60. The maximum atomic E-state index is 10.9. The van der Waals surface area contributed by atoms with Crippen LogP contribution in [0.15, 0.2) is 0 Å². The normalized spacial score (nSPS) is 16.9. The molecule has 0 saturated heterocycles. The summed E-state index contributed by atoms with van der Waals surface area (Å²) in [4.78, 5) is 0. The van der Waals surface area contributed by atoms with Gasteiger partial charge in [0.15, 0.2) is 0 Å². The molecule has 0 spiro atoms. The highest BCUT2D eigenvalue weighted by molar-refractivity contribution is 7.90. The predicted molar refractivity (Wildman–Crippen MR) is 56.6 cm³/mol. The Bertz CT molecular complexity index is 224. The minimum absolute atomic E-state index is 0.308. The molecule has 2 unspecified atom stereocenters. The van der Waals surface area contributed by atoms with Gasteiger partial charge in [-0.2, -0.15) is 0 Å². The van der Waals surface area contributed by atoms with E-state index in [0.717, 1.165) is 13.0 Å². The van der Waals surface area contributed by atoms with Gasteiger partial charge >= 0.3 is 0 Å². The van der Waals surface area contributed by atoms with Crippen LogP contribution in [0.4, 0.5) is 0 Å². The summed E-state index contributed by atoms with van der Waals surface area (Å²) in [7, 11) is -0.872. The lowest BCUT2D eigenvalue weighted by Gasteiger charge is -2.18. The van der Waals surface area contributed by atoms with Gasteiger partial charge in [0.25, 0.3) is 0 Å². The van der Waals surface area contributed by atoms with E-state index in [2.05, 4.69) is 19.2 Å². The van der Waals surface area contributed by atoms with Crippen LogP contribution in [0.1, 0.15) is 20.3 Å². The molecule has 0 saturated carbocycles. The lowest BCUT2D eigenvalue weighted by Crippen LogP contribution is -2.23. The highest BCUT2D eigenvalue weighted by atomic mass is 32.2. The Morgan fingerprint density at radius 2 is 1.77 bits per heavy atom. The number of hydrogen-bond donors (Lipinski definition) is 1. The van der Waals surface area contributed by atoms with Gasteiger partial charge in [-0.3, -0.25) is 0 Å². The molecular formula is C9H21NO2S. The molecule has 0 rings (SSSR count). The fraction of sp³-hybridized carbons (Fsp3) is 1.00. The molecule has 0 fully saturated rings. The zero-order valence-electron chi connectivity index (χ0n) is 9.00. The molecule has 0 aliphatic heterocycles. The molecule has 0 radical (unpaired) electrons. The van der Waals surface area contributed by atoms with E-state index in [1.165, 1.54) is 6.26 Å². The summed E-state index contributed by atoms with van der Waals surface area (Å²) in [6.45, 7) is 5.20. The Morgan fingerprint density at radius 3 is 2.15 bits per heavy atom. The van der Waals surface area contributed by atoms with Crippen LogP contribution in [-0.4, -0.2) is 34.0 Å². The van der Waals surface area contributed by atoms with Crippen molar-refractivity contribution in [3.63, 3.8) is 0 Å². The molecule has 0 amide bonds. The molecule has 0 aliphatic carbocycles. The lowest BCUT2D eigenvalue weighted by atomic mass is 9.94. The van der Waals surface area contributed by atoms with Crippen LogP contribution < -0.4 is 5.32 Å². The average molecular weight is 207 g/mol. The smallest absolute Gasteiger partial charge is 0.147 e. The van der Waals surface area contributed by atoms with Crippen molar-refractivity contribution in [2.75, 3.05) is 25.6 Å². The predicted octanol–water partition coefficient (Wildman–Crippen LogP) is 0.913. The van der Waals surface area contributed by atoms with Crippen LogP contribution >= 0.6 is 0 Å². The van der Waals surface area contributed by atoms with Crippen LogP contribution in [0.2, 0.25) is 0 Å². The Hall–Kier alpha value is -0.0900. The maximum Gasteiger partial charge on any atom is 0.147 e. The molecule has 4 heteroatoms. The Kier molecular flexibility index (Phi) is 5.56. The van der Waals surface area contributed by atoms with Gasteiger partial charge in [0.2, 0.25) is 0 Å². The molecule has 0 heterocycles. The van der Waals surface area contributed by atoms with Crippen LogP contribution in [0.3, 0.4) is 0 Å². The third-order valence-corrected chi connectivity index (χ3v) is 3.42. The number of hydrogen-bond acceptors (Lipinski definition) is 3. The van der Waals surface area contributed by atoms with Gasteiger partial charge < -0.3 is 5.32 Å². The third-order valence-electron chi connectivity index (χ3n) is 2.44. The van der Waals surface area contributed by atoms with E-state index in [-0.39, 0.29) is 0 Å². The van der Waals surface area contributed by atoms with Crippen LogP contribution in [0, 0.1) is 11.8 Å². The molecule has 3 nitrogen and oxygen atoms in total. The van der Waals surface area contributed by atoms with Crippen molar-refractivity contribution in [3.05, 3.63) is 0 Å². The summed E-state index contributed by atoms with van der Waals surface area (Å²) in [6.07, 6.45) is 2.06. The number of sulfone groups is 1. The summed E-state index contributed by atoms with van der Waals surface area (Å²) >= 11 is 0. The molecule has 80 valence electrons. The molecule has 2 atom stereocenters. The van der Waals surface area contributed by atoms with Crippen molar-refractivity contribution in [1.29, 1.82) is 0 Å². The van der Waals surface area contributed by atoms with Crippen molar-refractivity contribution in [2.24, 2.45) is 11.8 Å². The highest BCUT2D eigenvalue weighted by Gasteiger charge is 2.13. The van der Waals surface area contributed by atoms with E-state index in [4.69, 9.17) is 0 Å². The number of nitrogens with one attached hydrogen (secondary N) is 1. The molecule has 13 heavy (non-hydrogen) atoms. The van der Waals surface area contributed by atoms with Crippen LogP contribution in [0.25, 0.3) is 0 Å². The minimum Gasteiger partial charge on any atom is -0.319 e. The summed E-state index contributed by atoms with van der Waals surface area (Å²) < 4.78 is 21.8. The van der Waals surface area contributed by atoms with Crippen molar-refractivity contribution in [3.8, 4) is 0 Å². The molecule has 0 aliphatic rings. The molecular weight excluding hydrogens is 186 g/mol. The first kappa shape index (κ1) is 12.9. The van der Waals surface area contributed by atoms with E-state index in [0.29, 0.717) is 17.6 Å². The molecule has 0 aromatic rings. The van der Waals surface area contributed by atoms with Crippen molar-refractivity contribution in [2.45, 2.75) is 20.3 Å². The first-order chi connectivity index (χ1) is 5.87. The zero-order valence-corrected chi connectivity index (χ0v) is 9.82. The van der Waals surface area contributed by atoms with E-state index in [9.17, 15) is 8.42 Å².